The minimum Gasteiger partial charge on any atom is -0.345 e. The lowest BCUT2D eigenvalue weighted by Gasteiger charge is -1.97. The number of hydrogen-bond donors (Lipinski definition) is 1. The second-order valence-electron chi connectivity index (χ2n) is 3.23. The first-order valence-corrected chi connectivity index (χ1v) is 6.47. The van der Waals surface area contributed by atoms with E-state index in [0.717, 1.165) is 5.65 Å². The van der Waals surface area contributed by atoms with Crippen molar-refractivity contribution in [2.75, 3.05) is 0 Å². The molecular weight excluding hydrogens is 319 g/mol. The van der Waals surface area contributed by atoms with Crippen LogP contribution in [0.25, 0.3) is 21.5 Å². The fourth-order valence-electron chi connectivity index (χ4n) is 1.55. The maximum absolute atomic E-state index is 4.40. The van der Waals surface area contributed by atoms with E-state index in [-0.39, 0.29) is 0 Å². The summed E-state index contributed by atoms with van der Waals surface area (Å²) in [5.41, 5.74) is 2.15. The number of hydrogen-bond acceptors (Lipinski definition) is 2. The molecule has 0 bridgehead atoms. The molecule has 0 radical (unpaired) electrons. The minimum atomic E-state index is 0.958. The Morgan fingerprint density at radius 3 is 3.13 bits per heavy atom. The van der Waals surface area contributed by atoms with Crippen molar-refractivity contribution in [1.82, 2.24) is 9.97 Å². The van der Waals surface area contributed by atoms with Gasteiger partial charge in [0.25, 0.3) is 0 Å². The first kappa shape index (κ1) is 9.35. The zero-order chi connectivity index (χ0) is 10.3. The third-order valence-electron chi connectivity index (χ3n) is 2.29. The predicted octanol–water partition coefficient (Wildman–Crippen LogP) is 3.90. The lowest BCUT2D eigenvalue weighted by molar-refractivity contribution is 1.33. The molecule has 0 aliphatic heterocycles. The largest absolute Gasteiger partial charge is 0.345 e. The molecule has 74 valence electrons. The summed E-state index contributed by atoms with van der Waals surface area (Å²) in [6.07, 6.45) is 3.90. The van der Waals surface area contributed by atoms with E-state index in [1.807, 2.05) is 12.4 Å². The van der Waals surface area contributed by atoms with Gasteiger partial charge in [-0.3, -0.25) is 0 Å². The average molecular weight is 326 g/mol. The maximum Gasteiger partial charge on any atom is 0.138 e. The number of aromatic nitrogens is 2. The van der Waals surface area contributed by atoms with Crippen molar-refractivity contribution in [3.05, 3.63) is 39.5 Å². The van der Waals surface area contributed by atoms with Crippen LogP contribution in [-0.2, 0) is 0 Å². The Hall–Kier alpha value is -0.880. The zero-order valence-electron chi connectivity index (χ0n) is 7.70. The third-order valence-corrected chi connectivity index (χ3v) is 4.10. The monoisotopic (exact) mass is 326 g/mol. The lowest BCUT2D eigenvalue weighted by atomic mass is 10.2. The standard InChI is InChI=1S/C11H7IN2S/c12-9-6-14-11-8(9)4-7(5-13-11)10-2-1-3-15-10/h1-6H,(H,13,14). The highest BCUT2D eigenvalue weighted by atomic mass is 127. The molecule has 0 aliphatic rings. The normalized spacial score (nSPS) is 11.0. The Morgan fingerprint density at radius 2 is 2.33 bits per heavy atom. The van der Waals surface area contributed by atoms with Crippen molar-refractivity contribution < 1.29 is 0 Å². The molecule has 0 saturated heterocycles. The minimum absolute atomic E-state index is 0.958. The third kappa shape index (κ3) is 1.57. The number of H-pyrrole nitrogens is 1. The molecule has 0 spiro atoms. The Morgan fingerprint density at radius 1 is 1.40 bits per heavy atom. The molecule has 3 rings (SSSR count). The predicted molar refractivity (Wildman–Crippen MR) is 72.1 cm³/mol. The second kappa shape index (κ2) is 3.61. The maximum atomic E-state index is 4.40. The molecule has 0 unspecified atom stereocenters. The smallest absolute Gasteiger partial charge is 0.138 e. The van der Waals surface area contributed by atoms with E-state index < -0.39 is 0 Å². The first-order valence-electron chi connectivity index (χ1n) is 4.51. The highest BCUT2D eigenvalue weighted by molar-refractivity contribution is 14.1. The summed E-state index contributed by atoms with van der Waals surface area (Å²) in [4.78, 5) is 8.81. The van der Waals surface area contributed by atoms with Gasteiger partial charge in [0.1, 0.15) is 5.65 Å². The van der Waals surface area contributed by atoms with Gasteiger partial charge in [-0.1, -0.05) is 6.07 Å². The van der Waals surface area contributed by atoms with Crippen LogP contribution in [-0.4, -0.2) is 9.97 Å². The molecule has 0 atom stereocenters. The van der Waals surface area contributed by atoms with Crippen molar-refractivity contribution in [3.63, 3.8) is 0 Å². The van der Waals surface area contributed by atoms with Gasteiger partial charge in [0, 0.05) is 31.8 Å². The fraction of sp³-hybridized carbons (Fsp3) is 0. The summed E-state index contributed by atoms with van der Waals surface area (Å²) in [5.74, 6) is 0. The van der Waals surface area contributed by atoms with E-state index in [9.17, 15) is 0 Å². The number of fused-ring (bicyclic) bond motifs is 1. The highest BCUT2D eigenvalue weighted by Gasteiger charge is 2.05. The highest BCUT2D eigenvalue weighted by Crippen LogP contribution is 2.28. The topological polar surface area (TPSA) is 28.7 Å². The van der Waals surface area contributed by atoms with Crippen molar-refractivity contribution in [2.24, 2.45) is 0 Å². The second-order valence-corrected chi connectivity index (χ2v) is 5.34. The van der Waals surface area contributed by atoms with E-state index in [4.69, 9.17) is 0 Å². The van der Waals surface area contributed by atoms with Crippen molar-refractivity contribution >= 4 is 45.0 Å². The number of nitrogens with zero attached hydrogens (tertiary/aromatic N) is 1. The molecule has 3 aromatic heterocycles. The molecule has 3 heterocycles. The van der Waals surface area contributed by atoms with Crippen LogP contribution < -0.4 is 0 Å². The average Bonchev–Trinajstić information content (AvgIpc) is 2.88. The number of thiophene rings is 1. The van der Waals surface area contributed by atoms with Crippen molar-refractivity contribution in [1.29, 1.82) is 0 Å². The molecule has 0 fully saturated rings. The van der Waals surface area contributed by atoms with E-state index in [1.54, 1.807) is 11.3 Å². The number of halogens is 1. The number of rotatable bonds is 1. The van der Waals surface area contributed by atoms with Gasteiger partial charge in [-0.2, -0.15) is 0 Å². The van der Waals surface area contributed by atoms with Gasteiger partial charge in [-0.25, -0.2) is 4.98 Å². The van der Waals surface area contributed by atoms with Crippen molar-refractivity contribution in [2.45, 2.75) is 0 Å². The van der Waals surface area contributed by atoms with Crippen LogP contribution in [0.5, 0.6) is 0 Å². The quantitative estimate of drug-likeness (QED) is 0.675. The SMILES string of the molecule is Ic1c[nH]c2ncc(-c3cccs3)cc12. The van der Waals surface area contributed by atoms with Crippen LogP contribution in [0.3, 0.4) is 0 Å². The number of pyridine rings is 1. The molecule has 2 nitrogen and oxygen atoms in total. The molecule has 15 heavy (non-hydrogen) atoms. The molecule has 0 aliphatic carbocycles. The summed E-state index contributed by atoms with van der Waals surface area (Å²) >= 11 is 4.06. The van der Waals surface area contributed by atoms with Crippen LogP contribution in [0, 0.1) is 3.57 Å². The van der Waals surface area contributed by atoms with Crippen LogP contribution in [0.15, 0.2) is 36.0 Å². The van der Waals surface area contributed by atoms with E-state index in [0.29, 0.717) is 0 Å². The zero-order valence-corrected chi connectivity index (χ0v) is 10.7. The van der Waals surface area contributed by atoms with Crippen LogP contribution in [0.1, 0.15) is 0 Å². The van der Waals surface area contributed by atoms with Gasteiger partial charge < -0.3 is 4.98 Å². The first-order chi connectivity index (χ1) is 7.34. The molecule has 4 heteroatoms. The lowest BCUT2D eigenvalue weighted by Crippen LogP contribution is -1.79. The summed E-state index contributed by atoms with van der Waals surface area (Å²) < 4.78 is 1.22. The molecular formula is C11H7IN2S. The summed E-state index contributed by atoms with van der Waals surface area (Å²) in [6, 6.07) is 6.37. The van der Waals surface area contributed by atoms with Gasteiger partial charge in [-0.15, -0.1) is 11.3 Å². The summed E-state index contributed by atoms with van der Waals surface area (Å²) in [6.45, 7) is 0. The molecule has 3 aromatic rings. The number of aromatic amines is 1. The summed E-state index contributed by atoms with van der Waals surface area (Å²) in [5, 5.41) is 3.28. The van der Waals surface area contributed by atoms with E-state index >= 15 is 0 Å². The number of nitrogens with one attached hydrogen (secondary N) is 1. The van der Waals surface area contributed by atoms with Crippen LogP contribution >= 0.6 is 33.9 Å². The van der Waals surface area contributed by atoms with Crippen LogP contribution in [0.2, 0.25) is 0 Å². The van der Waals surface area contributed by atoms with Crippen LogP contribution in [0.4, 0.5) is 0 Å². The van der Waals surface area contributed by atoms with Gasteiger partial charge >= 0.3 is 0 Å². The summed E-state index contributed by atoms with van der Waals surface area (Å²) in [7, 11) is 0. The van der Waals surface area contributed by atoms with Gasteiger partial charge in [0.15, 0.2) is 0 Å². The van der Waals surface area contributed by atoms with E-state index in [2.05, 4.69) is 56.1 Å². The van der Waals surface area contributed by atoms with Crippen molar-refractivity contribution in [3.8, 4) is 10.4 Å². The fourth-order valence-corrected chi connectivity index (χ4v) is 2.82. The molecule has 0 saturated carbocycles. The van der Waals surface area contributed by atoms with E-state index in [1.165, 1.54) is 19.4 Å². The van der Waals surface area contributed by atoms with Gasteiger partial charge in [0.05, 0.1) is 0 Å². The Bertz CT molecular complexity index is 598. The Kier molecular flexibility index (Phi) is 2.25. The van der Waals surface area contributed by atoms with Gasteiger partial charge in [0.2, 0.25) is 0 Å². The Balaban J connectivity index is 2.25. The molecule has 0 amide bonds. The molecule has 0 aromatic carbocycles. The Labute approximate surface area is 105 Å². The molecule has 1 N–H and O–H groups in total. The van der Waals surface area contributed by atoms with Gasteiger partial charge in [-0.05, 0) is 40.1 Å².